The van der Waals surface area contributed by atoms with Crippen LogP contribution in [-0.2, 0) is 4.79 Å². The lowest BCUT2D eigenvalue weighted by Crippen LogP contribution is -2.39. The third kappa shape index (κ3) is 3.25. The molecule has 0 saturated carbocycles. The summed E-state index contributed by atoms with van der Waals surface area (Å²) in [5.41, 5.74) is 13.0. The number of primary amides is 1. The van der Waals surface area contributed by atoms with Crippen LogP contribution in [0.1, 0.15) is 18.4 Å². The molecule has 0 spiro atoms. The molecule has 0 radical (unpaired) electrons. The summed E-state index contributed by atoms with van der Waals surface area (Å²) in [6, 6.07) is 5.90. The van der Waals surface area contributed by atoms with Crippen molar-refractivity contribution in [1.82, 2.24) is 0 Å². The number of benzene rings is 1. The molecule has 4 nitrogen and oxygen atoms in total. The number of amides is 1. The van der Waals surface area contributed by atoms with Crippen LogP contribution >= 0.6 is 28.1 Å². The summed E-state index contributed by atoms with van der Waals surface area (Å²) >= 11 is 8.52. The second-order valence-corrected chi connectivity index (χ2v) is 6.04. The summed E-state index contributed by atoms with van der Waals surface area (Å²) in [5.74, 6) is -0.218. The van der Waals surface area contributed by atoms with E-state index in [4.69, 9.17) is 23.7 Å². The Balaban J connectivity index is 2.20. The third-order valence-corrected chi connectivity index (χ3v) is 4.18. The van der Waals surface area contributed by atoms with Crippen LogP contribution in [0.3, 0.4) is 0 Å². The lowest BCUT2D eigenvalue weighted by atomic mass is 9.95. The zero-order chi connectivity index (χ0) is 14.0. The number of hydrogen-bond donors (Lipinski definition) is 2. The Morgan fingerprint density at radius 1 is 1.32 bits per heavy atom. The van der Waals surface area contributed by atoms with Crippen molar-refractivity contribution in [3.05, 3.63) is 28.2 Å². The highest BCUT2D eigenvalue weighted by atomic mass is 79.9. The van der Waals surface area contributed by atoms with Crippen LogP contribution in [0.4, 0.5) is 5.69 Å². The number of hydrogen-bond acceptors (Lipinski definition) is 3. The van der Waals surface area contributed by atoms with Gasteiger partial charge in [0.05, 0.1) is 0 Å². The highest BCUT2D eigenvalue weighted by Crippen LogP contribution is 2.28. The summed E-state index contributed by atoms with van der Waals surface area (Å²) in [6.07, 6.45) is 1.56. The number of piperidine rings is 1. The molecule has 1 aliphatic rings. The number of halogens is 1. The Bertz CT molecular complexity index is 513. The average Bonchev–Trinajstić information content (AvgIpc) is 2.38. The Morgan fingerprint density at radius 3 is 2.47 bits per heavy atom. The second kappa shape index (κ2) is 5.88. The van der Waals surface area contributed by atoms with Gasteiger partial charge in [-0.15, -0.1) is 0 Å². The molecule has 1 heterocycles. The Hall–Kier alpha value is -1.14. The van der Waals surface area contributed by atoms with Gasteiger partial charge in [0.1, 0.15) is 4.99 Å². The number of carbonyl (C=O) groups excluding carboxylic acids is 1. The van der Waals surface area contributed by atoms with Crippen LogP contribution in [0.2, 0.25) is 0 Å². The van der Waals surface area contributed by atoms with Crippen LogP contribution in [-0.4, -0.2) is 24.0 Å². The summed E-state index contributed by atoms with van der Waals surface area (Å²) < 4.78 is 0.950. The third-order valence-electron chi connectivity index (χ3n) is 3.46. The molecule has 0 bridgehead atoms. The van der Waals surface area contributed by atoms with Crippen molar-refractivity contribution in [1.29, 1.82) is 0 Å². The number of nitrogens with two attached hydrogens (primary N) is 2. The summed E-state index contributed by atoms with van der Waals surface area (Å²) in [4.78, 5) is 13.8. The van der Waals surface area contributed by atoms with E-state index in [1.54, 1.807) is 0 Å². The van der Waals surface area contributed by atoms with E-state index in [0.29, 0.717) is 4.99 Å². The standard InChI is InChI=1S/C13H16BrN3OS/c14-9-1-2-11(10(7-9)13(16)19)17-5-3-8(4-6-17)12(15)18/h1-2,7-8H,3-6H2,(H2,15,18)(H2,16,19). The van der Waals surface area contributed by atoms with E-state index < -0.39 is 0 Å². The van der Waals surface area contributed by atoms with Gasteiger partial charge in [-0.1, -0.05) is 28.1 Å². The molecule has 19 heavy (non-hydrogen) atoms. The van der Waals surface area contributed by atoms with Crippen molar-refractivity contribution in [2.75, 3.05) is 18.0 Å². The minimum absolute atomic E-state index is 0.0139. The fraction of sp³-hybridized carbons (Fsp3) is 0.385. The maximum absolute atomic E-state index is 11.2. The van der Waals surface area contributed by atoms with Crippen molar-refractivity contribution in [3.63, 3.8) is 0 Å². The van der Waals surface area contributed by atoms with Gasteiger partial charge in [0.25, 0.3) is 0 Å². The quantitative estimate of drug-likeness (QED) is 0.822. The molecule has 2 rings (SSSR count). The van der Waals surface area contributed by atoms with Crippen LogP contribution in [0, 0.1) is 5.92 Å². The molecule has 6 heteroatoms. The van der Waals surface area contributed by atoms with Gasteiger partial charge in [-0.05, 0) is 31.0 Å². The normalized spacial score (nSPS) is 16.4. The first-order valence-electron chi connectivity index (χ1n) is 6.12. The Labute approximate surface area is 126 Å². The van der Waals surface area contributed by atoms with Gasteiger partial charge in [0.15, 0.2) is 0 Å². The molecular formula is C13H16BrN3OS. The molecular weight excluding hydrogens is 326 g/mol. The molecule has 0 aliphatic carbocycles. The maximum atomic E-state index is 11.2. The number of carbonyl (C=O) groups is 1. The van der Waals surface area contributed by atoms with Crippen molar-refractivity contribution in [2.45, 2.75) is 12.8 Å². The Morgan fingerprint density at radius 2 is 1.95 bits per heavy atom. The van der Waals surface area contributed by atoms with E-state index in [2.05, 4.69) is 20.8 Å². The van der Waals surface area contributed by atoms with Gasteiger partial charge in [-0.25, -0.2) is 0 Å². The van der Waals surface area contributed by atoms with Crippen molar-refractivity contribution >= 4 is 44.7 Å². The van der Waals surface area contributed by atoms with Crippen molar-refractivity contribution in [3.8, 4) is 0 Å². The zero-order valence-electron chi connectivity index (χ0n) is 10.4. The van der Waals surface area contributed by atoms with Crippen LogP contribution in [0.5, 0.6) is 0 Å². The molecule has 1 aliphatic heterocycles. The number of nitrogens with zero attached hydrogens (tertiary/aromatic N) is 1. The Kier molecular flexibility index (Phi) is 4.42. The fourth-order valence-corrected chi connectivity index (χ4v) is 2.91. The number of anilines is 1. The summed E-state index contributed by atoms with van der Waals surface area (Å²) in [5, 5.41) is 0. The predicted octanol–water partition coefficient (Wildman–Crippen LogP) is 1.78. The highest BCUT2D eigenvalue weighted by Gasteiger charge is 2.24. The molecule has 102 valence electrons. The summed E-state index contributed by atoms with van der Waals surface area (Å²) in [7, 11) is 0. The molecule has 1 amide bonds. The fourth-order valence-electron chi connectivity index (χ4n) is 2.39. The van der Waals surface area contributed by atoms with Crippen LogP contribution < -0.4 is 16.4 Å². The van der Waals surface area contributed by atoms with Gasteiger partial charge in [-0.2, -0.15) is 0 Å². The van der Waals surface area contributed by atoms with Gasteiger partial charge >= 0.3 is 0 Å². The molecule has 0 aromatic heterocycles. The van der Waals surface area contributed by atoms with E-state index in [1.165, 1.54) is 0 Å². The zero-order valence-corrected chi connectivity index (χ0v) is 12.8. The summed E-state index contributed by atoms with van der Waals surface area (Å²) in [6.45, 7) is 1.59. The van der Waals surface area contributed by atoms with Gasteiger partial charge in [-0.3, -0.25) is 4.79 Å². The van der Waals surface area contributed by atoms with Gasteiger partial charge < -0.3 is 16.4 Å². The van der Waals surface area contributed by atoms with Crippen LogP contribution in [0.15, 0.2) is 22.7 Å². The lowest BCUT2D eigenvalue weighted by molar-refractivity contribution is -0.122. The largest absolute Gasteiger partial charge is 0.389 e. The first-order chi connectivity index (χ1) is 8.99. The first kappa shape index (κ1) is 14.3. The molecule has 1 aromatic rings. The number of rotatable bonds is 3. The average molecular weight is 342 g/mol. The molecule has 1 aromatic carbocycles. The van der Waals surface area contributed by atoms with E-state index in [1.807, 2.05) is 18.2 Å². The number of thiocarbonyl (C=S) groups is 1. The molecule has 4 N–H and O–H groups in total. The second-order valence-electron chi connectivity index (χ2n) is 4.69. The van der Waals surface area contributed by atoms with E-state index >= 15 is 0 Å². The lowest BCUT2D eigenvalue weighted by Gasteiger charge is -2.33. The van der Waals surface area contributed by atoms with E-state index in [0.717, 1.165) is 41.7 Å². The first-order valence-corrected chi connectivity index (χ1v) is 7.33. The monoisotopic (exact) mass is 341 g/mol. The molecule has 1 fully saturated rings. The highest BCUT2D eigenvalue weighted by molar-refractivity contribution is 9.10. The van der Waals surface area contributed by atoms with E-state index in [9.17, 15) is 4.79 Å². The topological polar surface area (TPSA) is 72.4 Å². The SMILES string of the molecule is NC(=O)C1CCN(c2ccc(Br)cc2C(N)=S)CC1. The predicted molar refractivity (Wildman–Crippen MR) is 84.2 cm³/mol. The molecule has 1 saturated heterocycles. The smallest absolute Gasteiger partial charge is 0.220 e. The maximum Gasteiger partial charge on any atom is 0.220 e. The van der Waals surface area contributed by atoms with Gasteiger partial charge in [0, 0.05) is 34.7 Å². The molecule has 0 atom stereocenters. The minimum Gasteiger partial charge on any atom is -0.389 e. The molecule has 0 unspecified atom stereocenters. The van der Waals surface area contributed by atoms with Gasteiger partial charge in [0.2, 0.25) is 5.91 Å². The van der Waals surface area contributed by atoms with E-state index in [-0.39, 0.29) is 11.8 Å². The van der Waals surface area contributed by atoms with Crippen molar-refractivity contribution in [2.24, 2.45) is 17.4 Å². The van der Waals surface area contributed by atoms with Crippen LogP contribution in [0.25, 0.3) is 0 Å². The minimum atomic E-state index is -0.204. The van der Waals surface area contributed by atoms with Crippen molar-refractivity contribution < 1.29 is 4.79 Å².